The molecule has 80 valence electrons. The zero-order valence-corrected chi connectivity index (χ0v) is 9.69. The topological polar surface area (TPSA) is 32.3 Å². The second-order valence-corrected chi connectivity index (χ2v) is 3.70. The van der Waals surface area contributed by atoms with Gasteiger partial charge in [0.25, 0.3) is 0 Å². The Hall–Kier alpha value is -0.890. The van der Waals surface area contributed by atoms with Gasteiger partial charge in [-0.2, -0.15) is 0 Å². The lowest BCUT2D eigenvalue weighted by molar-refractivity contribution is 0.477. The van der Waals surface area contributed by atoms with E-state index in [0.29, 0.717) is 11.7 Å². The Balaban J connectivity index is 0.00000169. The van der Waals surface area contributed by atoms with E-state index in [-0.39, 0.29) is 12.4 Å². The van der Waals surface area contributed by atoms with Gasteiger partial charge in [0.2, 0.25) is 0 Å². The molecule has 0 saturated carbocycles. The molecule has 0 unspecified atom stereocenters. The fraction of sp³-hybridized carbons (Fsp3) is 0.455. The molecule has 0 aromatic heterocycles. The molecule has 0 aliphatic carbocycles. The number of halogens is 1. The smallest absolute Gasteiger partial charge is 0.138 e. The monoisotopic (exact) mass is 215 g/mol. The van der Waals surface area contributed by atoms with Crippen LogP contribution in [0.15, 0.2) is 18.2 Å². The van der Waals surface area contributed by atoms with Gasteiger partial charge in [0.1, 0.15) is 5.75 Å². The van der Waals surface area contributed by atoms with Crippen molar-refractivity contribution in [2.24, 2.45) is 5.92 Å². The van der Waals surface area contributed by atoms with Gasteiger partial charge in [-0.3, -0.25) is 0 Å². The number of anilines is 1. The number of hydrogen-bond acceptors (Lipinski definition) is 2. The minimum atomic E-state index is 0. The number of phenols is 1. The molecule has 1 aromatic rings. The molecule has 0 spiro atoms. The van der Waals surface area contributed by atoms with Gasteiger partial charge < -0.3 is 10.4 Å². The van der Waals surface area contributed by atoms with Crippen molar-refractivity contribution in [3.05, 3.63) is 23.8 Å². The summed E-state index contributed by atoms with van der Waals surface area (Å²) in [6, 6.07) is 5.70. The second-order valence-electron chi connectivity index (χ2n) is 3.70. The minimum Gasteiger partial charge on any atom is -0.506 e. The third-order valence-electron chi connectivity index (χ3n) is 1.97. The molecule has 0 aliphatic heterocycles. The average molecular weight is 216 g/mol. The van der Waals surface area contributed by atoms with Crippen molar-refractivity contribution >= 4 is 18.1 Å². The Morgan fingerprint density at radius 2 is 2.00 bits per heavy atom. The lowest BCUT2D eigenvalue weighted by Crippen LogP contribution is -1.96. The van der Waals surface area contributed by atoms with E-state index in [1.165, 1.54) is 5.56 Å². The molecule has 2 nitrogen and oxygen atoms in total. The first-order valence-corrected chi connectivity index (χ1v) is 4.63. The Labute approximate surface area is 91.8 Å². The highest BCUT2D eigenvalue weighted by atomic mass is 35.5. The summed E-state index contributed by atoms with van der Waals surface area (Å²) in [5.41, 5.74) is 2.07. The molecule has 1 rings (SSSR count). The van der Waals surface area contributed by atoms with Gasteiger partial charge in [-0.05, 0) is 30.0 Å². The van der Waals surface area contributed by atoms with Gasteiger partial charge in [-0.15, -0.1) is 12.4 Å². The van der Waals surface area contributed by atoms with Gasteiger partial charge in [0.05, 0.1) is 5.69 Å². The molecule has 0 aliphatic rings. The number of hydrogen-bond donors (Lipinski definition) is 2. The van der Waals surface area contributed by atoms with Crippen LogP contribution in [0.2, 0.25) is 0 Å². The van der Waals surface area contributed by atoms with Crippen molar-refractivity contribution < 1.29 is 5.11 Å². The van der Waals surface area contributed by atoms with Crippen molar-refractivity contribution in [2.45, 2.75) is 20.3 Å². The molecule has 0 heterocycles. The largest absolute Gasteiger partial charge is 0.506 e. The first-order chi connectivity index (χ1) is 6.13. The first kappa shape index (κ1) is 13.1. The fourth-order valence-electron chi connectivity index (χ4n) is 1.38. The lowest BCUT2D eigenvalue weighted by Gasteiger charge is -2.08. The van der Waals surface area contributed by atoms with Gasteiger partial charge in [0.15, 0.2) is 0 Å². The van der Waals surface area contributed by atoms with Crippen LogP contribution in [-0.4, -0.2) is 12.2 Å². The normalized spacial score (nSPS) is 9.71. The number of phenolic OH excluding ortho intramolecular Hbond substituents is 1. The molecule has 3 heteroatoms. The molecule has 0 fully saturated rings. The predicted molar refractivity (Wildman–Crippen MR) is 63.4 cm³/mol. The Bertz CT molecular complexity index is 287. The van der Waals surface area contributed by atoms with Gasteiger partial charge in [-0.1, -0.05) is 19.9 Å². The zero-order chi connectivity index (χ0) is 9.84. The first-order valence-electron chi connectivity index (χ1n) is 4.63. The molecule has 1 aromatic carbocycles. The summed E-state index contributed by atoms with van der Waals surface area (Å²) in [5.74, 6) is 0.962. The van der Waals surface area contributed by atoms with Gasteiger partial charge >= 0.3 is 0 Å². The van der Waals surface area contributed by atoms with E-state index in [9.17, 15) is 5.11 Å². The summed E-state index contributed by atoms with van der Waals surface area (Å²) in [6.07, 6.45) is 1.05. The van der Waals surface area contributed by atoms with E-state index in [0.717, 1.165) is 12.1 Å². The highest BCUT2D eigenvalue weighted by Crippen LogP contribution is 2.24. The Morgan fingerprint density at radius 3 is 2.50 bits per heavy atom. The highest BCUT2D eigenvalue weighted by molar-refractivity contribution is 5.85. The Morgan fingerprint density at radius 1 is 1.36 bits per heavy atom. The molecule has 0 amide bonds. The highest BCUT2D eigenvalue weighted by Gasteiger charge is 2.02. The summed E-state index contributed by atoms with van der Waals surface area (Å²) in [6.45, 7) is 4.37. The predicted octanol–water partition coefficient (Wildman–Crippen LogP) is 3.05. The van der Waals surface area contributed by atoms with Crippen LogP contribution < -0.4 is 5.32 Å². The van der Waals surface area contributed by atoms with Crippen LogP contribution in [0.4, 0.5) is 5.69 Å². The quantitative estimate of drug-likeness (QED) is 0.760. The van der Waals surface area contributed by atoms with Crippen LogP contribution in [0.5, 0.6) is 5.75 Å². The zero-order valence-electron chi connectivity index (χ0n) is 8.87. The third kappa shape index (κ3) is 3.46. The number of nitrogens with one attached hydrogen (secondary N) is 1. The fourth-order valence-corrected chi connectivity index (χ4v) is 1.38. The molecule has 0 atom stereocenters. The maximum atomic E-state index is 9.41. The van der Waals surface area contributed by atoms with Crippen LogP contribution in [0.1, 0.15) is 19.4 Å². The van der Waals surface area contributed by atoms with E-state index in [2.05, 4.69) is 19.2 Å². The molecule has 0 saturated heterocycles. The maximum Gasteiger partial charge on any atom is 0.138 e. The summed E-state index contributed by atoms with van der Waals surface area (Å²) >= 11 is 0. The summed E-state index contributed by atoms with van der Waals surface area (Å²) in [7, 11) is 1.81. The maximum absolute atomic E-state index is 9.41. The standard InChI is InChI=1S/C11H17NO.ClH/c1-8(2)6-9-4-5-11(13)10(7-9)12-3;/h4-5,7-8,12-13H,6H2,1-3H3;1H. The number of rotatable bonds is 3. The summed E-state index contributed by atoms with van der Waals surface area (Å²) in [4.78, 5) is 0. The van der Waals surface area contributed by atoms with Crippen LogP contribution in [0.3, 0.4) is 0 Å². The molecule has 2 N–H and O–H groups in total. The molecule has 0 radical (unpaired) electrons. The minimum absolute atomic E-state index is 0. The second kappa shape index (κ2) is 5.76. The number of benzene rings is 1. The molecule has 14 heavy (non-hydrogen) atoms. The summed E-state index contributed by atoms with van der Waals surface area (Å²) in [5, 5.41) is 12.4. The lowest BCUT2D eigenvalue weighted by atomic mass is 10.0. The van der Waals surface area contributed by atoms with Crippen molar-refractivity contribution in [3.63, 3.8) is 0 Å². The van der Waals surface area contributed by atoms with E-state index in [1.807, 2.05) is 19.2 Å². The van der Waals surface area contributed by atoms with Crippen LogP contribution in [-0.2, 0) is 6.42 Å². The van der Waals surface area contributed by atoms with Crippen LogP contribution in [0.25, 0.3) is 0 Å². The molecular weight excluding hydrogens is 198 g/mol. The van der Waals surface area contributed by atoms with Crippen molar-refractivity contribution in [3.8, 4) is 5.75 Å². The van der Waals surface area contributed by atoms with Crippen LogP contribution >= 0.6 is 12.4 Å². The average Bonchev–Trinajstić information content (AvgIpc) is 2.07. The van der Waals surface area contributed by atoms with Crippen LogP contribution in [0, 0.1) is 5.92 Å². The van der Waals surface area contributed by atoms with Crippen molar-refractivity contribution in [1.29, 1.82) is 0 Å². The van der Waals surface area contributed by atoms with E-state index in [4.69, 9.17) is 0 Å². The Kier molecular flexibility index (Phi) is 5.39. The van der Waals surface area contributed by atoms with E-state index in [1.54, 1.807) is 6.07 Å². The van der Waals surface area contributed by atoms with E-state index >= 15 is 0 Å². The van der Waals surface area contributed by atoms with E-state index < -0.39 is 0 Å². The van der Waals surface area contributed by atoms with Gasteiger partial charge in [0, 0.05) is 7.05 Å². The summed E-state index contributed by atoms with van der Waals surface area (Å²) < 4.78 is 0. The van der Waals surface area contributed by atoms with Crippen molar-refractivity contribution in [1.82, 2.24) is 0 Å². The van der Waals surface area contributed by atoms with Crippen molar-refractivity contribution in [2.75, 3.05) is 12.4 Å². The number of aromatic hydroxyl groups is 1. The SMILES string of the molecule is CNc1cc(CC(C)C)ccc1O.Cl. The molecular formula is C11H18ClNO. The van der Waals surface area contributed by atoms with Gasteiger partial charge in [-0.25, -0.2) is 0 Å². The molecule has 0 bridgehead atoms. The third-order valence-corrected chi connectivity index (χ3v) is 1.97.